The van der Waals surface area contributed by atoms with Crippen LogP contribution in [0.4, 0.5) is 0 Å². The van der Waals surface area contributed by atoms with Crippen LogP contribution in [0, 0.1) is 5.92 Å². The average Bonchev–Trinajstić information content (AvgIpc) is 1.95. The van der Waals surface area contributed by atoms with E-state index in [2.05, 4.69) is 33.5 Å². The lowest BCUT2D eigenvalue weighted by Gasteiger charge is -2.29. The Balaban J connectivity index is 4.41. The van der Waals surface area contributed by atoms with E-state index in [1.807, 2.05) is 19.6 Å². The molecule has 0 amide bonds. The first kappa shape index (κ1) is 16.9. The quantitative estimate of drug-likeness (QED) is 0.695. The van der Waals surface area contributed by atoms with Crippen LogP contribution in [0.2, 0.25) is 39.3 Å². The largest absolute Gasteiger partial charge is 0.520 e. The predicted octanol–water partition coefficient (Wildman–Crippen LogP) is 3.63. The summed E-state index contributed by atoms with van der Waals surface area (Å²) in [7, 11) is -3.38. The molecule has 0 bridgehead atoms. The predicted molar refractivity (Wildman–Crippen MR) is 77.1 cm³/mol. The Morgan fingerprint density at radius 2 is 1.47 bits per heavy atom. The molecule has 0 heterocycles. The smallest absolute Gasteiger partial charge is 0.295 e. The summed E-state index contributed by atoms with van der Waals surface area (Å²) in [6.07, 6.45) is 0.372. The van der Waals surface area contributed by atoms with Crippen LogP contribution in [0.15, 0.2) is 0 Å². The number of hydrogen-bond acceptors (Lipinski definition) is 3. The van der Waals surface area contributed by atoms with Gasteiger partial charge in [-0.15, -0.1) is 0 Å². The maximum atomic E-state index is 11.8. The third-order valence-electron chi connectivity index (χ3n) is 2.04. The molecule has 0 N–H and O–H groups in total. The summed E-state index contributed by atoms with van der Waals surface area (Å²) in [5.41, 5.74) is 0. The van der Waals surface area contributed by atoms with Gasteiger partial charge in [0.15, 0.2) is 8.32 Å². The molecule has 0 aliphatic rings. The van der Waals surface area contributed by atoms with Crippen molar-refractivity contribution in [1.82, 2.24) is 0 Å². The molecule has 0 fully saturated rings. The van der Waals surface area contributed by atoms with Gasteiger partial charge in [0.25, 0.3) is 5.97 Å². The van der Waals surface area contributed by atoms with Crippen LogP contribution < -0.4 is 0 Å². The molecule has 0 rings (SSSR count). The molecule has 0 aromatic rings. The van der Waals surface area contributed by atoms with Gasteiger partial charge in [-0.3, -0.25) is 4.79 Å². The first-order chi connectivity index (χ1) is 7.41. The van der Waals surface area contributed by atoms with Crippen LogP contribution in [0.25, 0.3) is 0 Å². The van der Waals surface area contributed by atoms with Gasteiger partial charge in [-0.05, 0) is 45.2 Å². The van der Waals surface area contributed by atoms with E-state index in [9.17, 15) is 4.79 Å². The normalized spacial score (nSPS) is 14.9. The Morgan fingerprint density at radius 1 is 1.00 bits per heavy atom. The van der Waals surface area contributed by atoms with Gasteiger partial charge in [-0.1, -0.05) is 13.8 Å². The van der Waals surface area contributed by atoms with E-state index in [1.165, 1.54) is 0 Å². The summed E-state index contributed by atoms with van der Waals surface area (Å²) in [6, 6.07) is 0. The number of rotatable bonds is 6. The average molecular weight is 277 g/mol. The lowest BCUT2D eigenvalue weighted by Crippen LogP contribution is -2.38. The highest BCUT2D eigenvalue weighted by molar-refractivity contribution is 6.71. The van der Waals surface area contributed by atoms with Gasteiger partial charge in [-0.2, -0.15) is 0 Å². The minimum Gasteiger partial charge on any atom is -0.520 e. The Labute approximate surface area is 108 Å². The Morgan fingerprint density at radius 3 is 1.76 bits per heavy atom. The van der Waals surface area contributed by atoms with E-state index in [4.69, 9.17) is 8.85 Å². The summed E-state index contributed by atoms with van der Waals surface area (Å²) in [4.78, 5) is 11.8. The molecule has 1 atom stereocenters. The van der Waals surface area contributed by atoms with Crippen LogP contribution in [0.5, 0.6) is 0 Å². The zero-order valence-electron chi connectivity index (χ0n) is 12.6. The van der Waals surface area contributed by atoms with E-state index < -0.39 is 16.6 Å². The minimum atomic E-state index is -1.77. The second-order valence-corrected chi connectivity index (χ2v) is 15.7. The van der Waals surface area contributed by atoms with E-state index in [-0.39, 0.29) is 12.1 Å². The summed E-state index contributed by atoms with van der Waals surface area (Å²) in [5, 5.41) is 0. The van der Waals surface area contributed by atoms with Crippen LogP contribution in [0.3, 0.4) is 0 Å². The third kappa shape index (κ3) is 9.55. The molecule has 3 nitrogen and oxygen atoms in total. The van der Waals surface area contributed by atoms with Gasteiger partial charge in [0.2, 0.25) is 8.32 Å². The summed E-state index contributed by atoms with van der Waals surface area (Å²) >= 11 is 0. The van der Waals surface area contributed by atoms with E-state index >= 15 is 0 Å². The number of carbonyl (C=O) groups excluding carboxylic acids is 1. The topological polar surface area (TPSA) is 35.5 Å². The SMILES string of the molecule is CC(C)C(CC(=O)O[Si](C)(C)C)O[Si](C)(C)C. The molecular weight excluding hydrogens is 248 g/mol. The second kappa shape index (κ2) is 6.15. The van der Waals surface area contributed by atoms with Gasteiger partial charge in [0, 0.05) is 0 Å². The molecule has 0 aliphatic carbocycles. The van der Waals surface area contributed by atoms with Crippen molar-refractivity contribution in [2.75, 3.05) is 0 Å². The zero-order chi connectivity index (χ0) is 13.9. The van der Waals surface area contributed by atoms with Crippen LogP contribution >= 0.6 is 0 Å². The van der Waals surface area contributed by atoms with Crippen molar-refractivity contribution < 1.29 is 13.6 Å². The van der Waals surface area contributed by atoms with Crippen molar-refractivity contribution in [2.24, 2.45) is 5.92 Å². The zero-order valence-corrected chi connectivity index (χ0v) is 14.6. The third-order valence-corrected chi connectivity index (χ3v) is 3.89. The fraction of sp³-hybridized carbons (Fsp3) is 0.917. The fourth-order valence-corrected chi connectivity index (χ4v) is 3.45. The molecule has 5 heteroatoms. The molecule has 0 aromatic carbocycles. The first-order valence-corrected chi connectivity index (χ1v) is 13.1. The lowest BCUT2D eigenvalue weighted by molar-refractivity contribution is -0.137. The minimum absolute atomic E-state index is 0.00878. The number of carbonyl (C=O) groups is 1. The first-order valence-electron chi connectivity index (χ1n) is 6.30. The van der Waals surface area contributed by atoms with Gasteiger partial charge in [-0.25, -0.2) is 0 Å². The Kier molecular flexibility index (Phi) is 6.11. The van der Waals surface area contributed by atoms with Crippen molar-refractivity contribution in [3.8, 4) is 0 Å². The van der Waals surface area contributed by atoms with E-state index in [1.54, 1.807) is 0 Å². The van der Waals surface area contributed by atoms with Gasteiger partial charge in [0.1, 0.15) is 0 Å². The molecule has 0 aromatic heterocycles. The van der Waals surface area contributed by atoms with Crippen LogP contribution in [-0.2, 0) is 13.6 Å². The highest BCUT2D eigenvalue weighted by atomic mass is 28.4. The van der Waals surface area contributed by atoms with Crippen molar-refractivity contribution >= 4 is 22.6 Å². The van der Waals surface area contributed by atoms with Crippen molar-refractivity contribution in [1.29, 1.82) is 0 Å². The molecule has 0 saturated heterocycles. The second-order valence-electron chi connectivity index (χ2n) is 6.80. The maximum absolute atomic E-state index is 11.8. The van der Waals surface area contributed by atoms with Crippen molar-refractivity contribution in [3.05, 3.63) is 0 Å². The molecule has 0 saturated carbocycles. The monoisotopic (exact) mass is 276 g/mol. The van der Waals surface area contributed by atoms with Crippen LogP contribution in [0.1, 0.15) is 20.3 Å². The van der Waals surface area contributed by atoms with Gasteiger partial charge >= 0.3 is 0 Å². The Bertz CT molecular complexity index is 251. The van der Waals surface area contributed by atoms with Gasteiger partial charge in [0.05, 0.1) is 12.5 Å². The van der Waals surface area contributed by atoms with E-state index in [0.717, 1.165) is 0 Å². The van der Waals surface area contributed by atoms with Crippen LogP contribution in [-0.4, -0.2) is 28.7 Å². The fourth-order valence-electron chi connectivity index (χ4n) is 1.42. The summed E-state index contributed by atoms with van der Waals surface area (Å²) in [5.74, 6) is 0.233. The highest BCUT2D eigenvalue weighted by Gasteiger charge is 2.28. The lowest BCUT2D eigenvalue weighted by atomic mass is 10.1. The van der Waals surface area contributed by atoms with Crippen molar-refractivity contribution in [2.45, 2.75) is 65.7 Å². The molecule has 102 valence electrons. The number of hydrogen-bond donors (Lipinski definition) is 0. The molecule has 17 heavy (non-hydrogen) atoms. The highest BCUT2D eigenvalue weighted by Crippen LogP contribution is 2.18. The standard InChI is InChI=1S/C12H28O3Si2/c1-10(2)11(14-16(3,4)5)9-12(13)15-17(6,7)8/h10-11H,9H2,1-8H3. The summed E-state index contributed by atoms with van der Waals surface area (Å²) < 4.78 is 11.5. The van der Waals surface area contributed by atoms with Gasteiger partial charge < -0.3 is 8.85 Å². The van der Waals surface area contributed by atoms with Crippen molar-refractivity contribution in [3.63, 3.8) is 0 Å². The molecule has 0 radical (unpaired) electrons. The summed E-state index contributed by atoms with van der Waals surface area (Å²) in [6.45, 7) is 16.7. The molecule has 1 unspecified atom stereocenters. The van der Waals surface area contributed by atoms with E-state index in [0.29, 0.717) is 12.3 Å². The molecule has 0 aliphatic heterocycles. The Hall–Kier alpha value is -0.136. The molecular formula is C12H28O3Si2. The molecule has 0 spiro atoms. The maximum Gasteiger partial charge on any atom is 0.295 e.